The summed E-state index contributed by atoms with van der Waals surface area (Å²) in [6.07, 6.45) is 2.63. The summed E-state index contributed by atoms with van der Waals surface area (Å²) >= 11 is 0. The first-order valence-electron chi connectivity index (χ1n) is 7.82. The molecule has 2 unspecified atom stereocenters. The van der Waals surface area contributed by atoms with Gasteiger partial charge in [-0.15, -0.1) is 0 Å². The van der Waals surface area contributed by atoms with E-state index in [0.717, 1.165) is 24.9 Å². The molecule has 1 aromatic carbocycles. The fraction of sp³-hybridized carbons (Fsp3) is 0.588. The van der Waals surface area contributed by atoms with Crippen LogP contribution in [0.5, 0.6) is 17.2 Å². The second-order valence-electron chi connectivity index (χ2n) is 5.69. The van der Waals surface area contributed by atoms with Crippen LogP contribution < -0.4 is 14.2 Å². The van der Waals surface area contributed by atoms with Gasteiger partial charge in [-0.2, -0.15) is 0 Å². The van der Waals surface area contributed by atoms with Gasteiger partial charge in [0.25, 0.3) is 0 Å². The predicted octanol–water partition coefficient (Wildman–Crippen LogP) is 2.71. The fourth-order valence-corrected chi connectivity index (χ4v) is 3.31. The van der Waals surface area contributed by atoms with Crippen molar-refractivity contribution in [1.29, 1.82) is 0 Å². The summed E-state index contributed by atoms with van der Waals surface area (Å²) in [6, 6.07) is 3.19. The molecule has 1 aliphatic rings. The Morgan fingerprint density at radius 1 is 1.17 bits per heavy atom. The van der Waals surface area contributed by atoms with E-state index in [4.69, 9.17) is 14.2 Å². The first kappa shape index (κ1) is 17.4. The second kappa shape index (κ2) is 7.55. The largest absolute Gasteiger partial charge is 0.493 e. The lowest BCUT2D eigenvalue weighted by Gasteiger charge is -2.38. The van der Waals surface area contributed by atoms with Crippen molar-refractivity contribution in [3.8, 4) is 17.2 Å². The Bertz CT molecular complexity index is 560. The van der Waals surface area contributed by atoms with Gasteiger partial charge in [0.05, 0.1) is 21.3 Å². The summed E-state index contributed by atoms with van der Waals surface area (Å²) in [5.74, 6) is 0.946. The number of nitrogens with zero attached hydrogens (tertiary/aromatic N) is 1. The van der Waals surface area contributed by atoms with Crippen molar-refractivity contribution in [2.45, 2.75) is 38.3 Å². The number of hydrogen-bond acceptors (Lipinski definition) is 5. The number of likely N-dealkylation sites (tertiary alicyclic amines) is 1. The maximum atomic E-state index is 11.6. The van der Waals surface area contributed by atoms with Crippen molar-refractivity contribution in [3.05, 3.63) is 17.7 Å². The third kappa shape index (κ3) is 3.37. The van der Waals surface area contributed by atoms with Crippen LogP contribution in [-0.4, -0.2) is 49.9 Å². The smallest absolute Gasteiger partial charge is 0.320 e. The maximum Gasteiger partial charge on any atom is 0.320 e. The molecule has 2 atom stereocenters. The molecule has 0 aromatic heterocycles. The highest BCUT2D eigenvalue weighted by Crippen LogP contribution is 2.44. The van der Waals surface area contributed by atoms with Crippen molar-refractivity contribution in [2.24, 2.45) is 0 Å². The van der Waals surface area contributed by atoms with Crippen LogP contribution in [0.25, 0.3) is 0 Å². The molecule has 0 bridgehead atoms. The molecule has 0 radical (unpaired) electrons. The molecule has 0 aliphatic carbocycles. The van der Waals surface area contributed by atoms with Gasteiger partial charge in [-0.25, -0.2) is 0 Å². The van der Waals surface area contributed by atoms with Gasteiger partial charge in [0.1, 0.15) is 6.04 Å². The minimum Gasteiger partial charge on any atom is -0.493 e. The molecule has 1 aliphatic heterocycles. The molecule has 0 saturated carbocycles. The Hall–Kier alpha value is -1.95. The summed E-state index contributed by atoms with van der Waals surface area (Å²) in [4.78, 5) is 13.6. The first-order chi connectivity index (χ1) is 11.0. The van der Waals surface area contributed by atoms with Crippen molar-refractivity contribution < 1.29 is 24.1 Å². The maximum absolute atomic E-state index is 11.6. The molecule has 0 spiro atoms. The lowest BCUT2D eigenvalue weighted by atomic mass is 9.96. The molecule has 1 N–H and O–H groups in total. The summed E-state index contributed by atoms with van der Waals surface area (Å²) in [5, 5.41) is 9.50. The quantitative estimate of drug-likeness (QED) is 0.868. The minimum absolute atomic E-state index is 0.0915. The van der Waals surface area contributed by atoms with Crippen LogP contribution in [-0.2, 0) is 4.79 Å². The van der Waals surface area contributed by atoms with Crippen LogP contribution in [0, 0.1) is 0 Å². The van der Waals surface area contributed by atoms with E-state index in [1.54, 1.807) is 21.3 Å². The van der Waals surface area contributed by atoms with Gasteiger partial charge in [-0.1, -0.05) is 6.42 Å². The molecule has 1 aromatic rings. The van der Waals surface area contributed by atoms with E-state index in [0.29, 0.717) is 23.7 Å². The molecular weight excluding hydrogens is 298 g/mol. The van der Waals surface area contributed by atoms with Crippen LogP contribution in [0.3, 0.4) is 0 Å². The molecule has 23 heavy (non-hydrogen) atoms. The third-order valence-electron chi connectivity index (χ3n) is 4.51. The first-order valence-corrected chi connectivity index (χ1v) is 7.82. The van der Waals surface area contributed by atoms with Gasteiger partial charge in [0.2, 0.25) is 5.75 Å². The molecule has 1 fully saturated rings. The zero-order valence-electron chi connectivity index (χ0n) is 14.2. The average molecular weight is 323 g/mol. The third-order valence-corrected chi connectivity index (χ3v) is 4.51. The standard InChI is InChI=1S/C17H25NO5/c1-11(18-10-6-5-7-13(18)17(19)20)12-8-9-14(21-2)16(23-4)15(12)22-3/h8-9,11,13H,5-7,10H2,1-4H3,(H,19,20). The number of carboxylic acids is 1. The lowest BCUT2D eigenvalue weighted by Crippen LogP contribution is -2.45. The van der Waals surface area contributed by atoms with Crippen molar-refractivity contribution in [1.82, 2.24) is 4.90 Å². The van der Waals surface area contributed by atoms with Gasteiger partial charge < -0.3 is 19.3 Å². The minimum atomic E-state index is -0.768. The number of methoxy groups -OCH3 is 3. The SMILES string of the molecule is COc1ccc(C(C)N2CCCCC2C(=O)O)c(OC)c1OC. The van der Waals surface area contributed by atoms with Crippen LogP contribution in [0.2, 0.25) is 0 Å². The zero-order valence-corrected chi connectivity index (χ0v) is 14.2. The van der Waals surface area contributed by atoms with E-state index in [1.165, 1.54) is 0 Å². The van der Waals surface area contributed by atoms with Gasteiger partial charge in [-0.05, 0) is 38.4 Å². The number of ether oxygens (including phenoxy) is 3. The van der Waals surface area contributed by atoms with Crippen molar-refractivity contribution in [3.63, 3.8) is 0 Å². The van der Waals surface area contributed by atoms with Crippen LogP contribution >= 0.6 is 0 Å². The molecule has 2 rings (SSSR count). The van der Waals surface area contributed by atoms with Gasteiger partial charge in [0, 0.05) is 11.6 Å². The Kier molecular flexibility index (Phi) is 5.71. The molecular formula is C17H25NO5. The van der Waals surface area contributed by atoms with Gasteiger partial charge in [-0.3, -0.25) is 9.69 Å². The van der Waals surface area contributed by atoms with Gasteiger partial charge >= 0.3 is 5.97 Å². The number of piperidine rings is 1. The lowest BCUT2D eigenvalue weighted by molar-refractivity contribution is -0.145. The van der Waals surface area contributed by atoms with Crippen LogP contribution in [0.1, 0.15) is 37.8 Å². The normalized spacial score (nSPS) is 19.9. The monoisotopic (exact) mass is 323 g/mol. The van der Waals surface area contributed by atoms with E-state index in [2.05, 4.69) is 0 Å². The molecule has 6 heteroatoms. The number of benzene rings is 1. The summed E-state index contributed by atoms with van der Waals surface area (Å²) < 4.78 is 16.3. The molecule has 1 heterocycles. The second-order valence-corrected chi connectivity index (χ2v) is 5.69. The van der Waals surface area contributed by atoms with E-state index in [-0.39, 0.29) is 6.04 Å². The highest BCUT2D eigenvalue weighted by Gasteiger charge is 2.34. The summed E-state index contributed by atoms with van der Waals surface area (Å²) in [5.41, 5.74) is 0.901. The molecule has 6 nitrogen and oxygen atoms in total. The Balaban J connectivity index is 2.41. The Morgan fingerprint density at radius 2 is 1.87 bits per heavy atom. The molecule has 128 valence electrons. The highest BCUT2D eigenvalue weighted by molar-refractivity contribution is 5.73. The highest BCUT2D eigenvalue weighted by atomic mass is 16.5. The fourth-order valence-electron chi connectivity index (χ4n) is 3.31. The van der Waals surface area contributed by atoms with Crippen molar-refractivity contribution in [2.75, 3.05) is 27.9 Å². The molecule has 1 saturated heterocycles. The van der Waals surface area contributed by atoms with E-state index >= 15 is 0 Å². The zero-order chi connectivity index (χ0) is 17.0. The average Bonchev–Trinajstić information content (AvgIpc) is 2.59. The number of carboxylic acid groups (broad SMARTS) is 1. The number of rotatable bonds is 6. The predicted molar refractivity (Wildman–Crippen MR) is 86.5 cm³/mol. The molecule has 0 amide bonds. The van der Waals surface area contributed by atoms with Gasteiger partial charge in [0.15, 0.2) is 11.5 Å². The van der Waals surface area contributed by atoms with Crippen molar-refractivity contribution >= 4 is 5.97 Å². The Labute approximate surface area is 136 Å². The van der Waals surface area contributed by atoms with Crippen LogP contribution in [0.4, 0.5) is 0 Å². The summed E-state index contributed by atoms with van der Waals surface area (Å²) in [6.45, 7) is 2.76. The Morgan fingerprint density at radius 3 is 2.43 bits per heavy atom. The number of aliphatic carboxylic acids is 1. The summed E-state index contributed by atoms with van der Waals surface area (Å²) in [7, 11) is 4.72. The number of hydrogen-bond donors (Lipinski definition) is 1. The number of carbonyl (C=O) groups is 1. The topological polar surface area (TPSA) is 68.2 Å². The van der Waals surface area contributed by atoms with E-state index < -0.39 is 12.0 Å². The van der Waals surface area contributed by atoms with E-state index in [9.17, 15) is 9.90 Å². The van der Waals surface area contributed by atoms with Crippen LogP contribution in [0.15, 0.2) is 12.1 Å². The van der Waals surface area contributed by atoms with E-state index in [1.807, 2.05) is 24.0 Å².